The van der Waals surface area contributed by atoms with Crippen LogP contribution < -0.4 is 10.6 Å². The summed E-state index contributed by atoms with van der Waals surface area (Å²) in [5.74, 6) is 0.0212. The lowest BCUT2D eigenvalue weighted by molar-refractivity contribution is -0.140. The Bertz CT molecular complexity index is 1020. The molecule has 0 aromatic carbocycles. The molecule has 2 aromatic heterocycles. The molecule has 1 fully saturated rings. The topological polar surface area (TPSA) is 113 Å². The van der Waals surface area contributed by atoms with Gasteiger partial charge >= 0.3 is 5.97 Å². The van der Waals surface area contributed by atoms with Crippen LogP contribution >= 0.6 is 11.6 Å². The van der Waals surface area contributed by atoms with Crippen LogP contribution in [0.25, 0.3) is 0 Å². The first-order valence-corrected chi connectivity index (χ1v) is 12.3. The minimum atomic E-state index is -1.10. The van der Waals surface area contributed by atoms with Gasteiger partial charge in [0.05, 0.1) is 16.7 Å². The summed E-state index contributed by atoms with van der Waals surface area (Å²) in [4.78, 5) is 32.9. The van der Waals surface area contributed by atoms with Crippen molar-refractivity contribution in [2.75, 3.05) is 18.5 Å². The van der Waals surface area contributed by atoms with Gasteiger partial charge in [-0.3, -0.25) is 9.78 Å². The van der Waals surface area contributed by atoms with E-state index < -0.39 is 17.9 Å². The first-order valence-electron chi connectivity index (χ1n) is 11.9. The molecule has 0 spiro atoms. The van der Waals surface area contributed by atoms with Gasteiger partial charge in [0.25, 0.3) is 5.91 Å². The molecule has 3 heterocycles. The fourth-order valence-corrected chi connectivity index (χ4v) is 4.86. The lowest BCUT2D eigenvalue weighted by Crippen LogP contribution is -2.42. The Hall–Kier alpha value is -2.71. The van der Waals surface area contributed by atoms with Crippen molar-refractivity contribution in [1.29, 1.82) is 0 Å². The van der Waals surface area contributed by atoms with E-state index in [1.165, 1.54) is 18.0 Å². The van der Waals surface area contributed by atoms with E-state index in [-0.39, 0.29) is 29.7 Å². The summed E-state index contributed by atoms with van der Waals surface area (Å²) in [6.07, 6.45) is 9.46. The highest BCUT2D eigenvalue weighted by Gasteiger charge is 2.30. The van der Waals surface area contributed by atoms with E-state index in [9.17, 15) is 14.7 Å². The van der Waals surface area contributed by atoms with Crippen molar-refractivity contribution < 1.29 is 19.4 Å². The molecule has 1 saturated carbocycles. The third-order valence-electron chi connectivity index (χ3n) is 6.63. The van der Waals surface area contributed by atoms with Crippen LogP contribution in [0, 0.1) is 12.8 Å². The largest absolute Gasteiger partial charge is 0.480 e. The zero-order valence-corrected chi connectivity index (χ0v) is 20.1. The van der Waals surface area contributed by atoms with E-state index in [1.807, 2.05) is 0 Å². The summed E-state index contributed by atoms with van der Waals surface area (Å²) < 4.78 is 5.87. The number of hydrogen-bond acceptors (Lipinski definition) is 6. The Morgan fingerprint density at radius 3 is 2.91 bits per heavy atom. The van der Waals surface area contributed by atoms with Gasteiger partial charge in [-0.25, -0.2) is 9.78 Å². The number of carbonyl (C=O) groups excluding carboxylic acids is 1. The van der Waals surface area contributed by atoms with Crippen LogP contribution in [0.5, 0.6) is 0 Å². The Morgan fingerprint density at radius 2 is 2.15 bits per heavy atom. The quantitative estimate of drug-likeness (QED) is 0.468. The smallest absolute Gasteiger partial charge is 0.326 e. The molecule has 182 valence electrons. The van der Waals surface area contributed by atoms with Crippen LogP contribution in [0.4, 0.5) is 5.82 Å². The summed E-state index contributed by atoms with van der Waals surface area (Å²) in [5.41, 5.74) is 3.27. The van der Waals surface area contributed by atoms with Gasteiger partial charge in [-0.05, 0) is 68.6 Å². The molecule has 4 rings (SSSR count). The third-order valence-corrected chi connectivity index (χ3v) is 6.92. The maximum absolute atomic E-state index is 12.5. The van der Waals surface area contributed by atoms with Crippen LogP contribution in [0.15, 0.2) is 24.5 Å². The van der Waals surface area contributed by atoms with E-state index in [4.69, 9.17) is 21.3 Å². The molecule has 1 atom stereocenters. The summed E-state index contributed by atoms with van der Waals surface area (Å²) in [5, 5.41) is 15.6. The van der Waals surface area contributed by atoms with Gasteiger partial charge in [0, 0.05) is 37.7 Å². The maximum atomic E-state index is 12.5. The average molecular weight is 487 g/mol. The molecular weight excluding hydrogens is 456 g/mol. The molecule has 34 heavy (non-hydrogen) atoms. The lowest BCUT2D eigenvalue weighted by atomic mass is 9.79. The van der Waals surface area contributed by atoms with Crippen molar-refractivity contribution in [2.45, 2.75) is 64.0 Å². The Labute approximate surface area is 204 Å². The first kappa shape index (κ1) is 24.4. The van der Waals surface area contributed by atoms with Gasteiger partial charge in [0.1, 0.15) is 11.9 Å². The number of halogens is 1. The second-order valence-electron chi connectivity index (χ2n) is 9.18. The number of fused-ring (bicyclic) bond motifs is 1. The third kappa shape index (κ3) is 6.04. The van der Waals surface area contributed by atoms with Gasteiger partial charge in [-0.2, -0.15) is 0 Å². The average Bonchev–Trinajstić information content (AvgIpc) is 2.78. The van der Waals surface area contributed by atoms with Crippen molar-refractivity contribution in [3.8, 4) is 0 Å². The number of aromatic nitrogens is 2. The van der Waals surface area contributed by atoms with Gasteiger partial charge in [-0.15, -0.1) is 0 Å². The number of nitrogens with zero attached hydrogens (tertiary/aromatic N) is 2. The predicted octanol–water partition coefficient (Wildman–Crippen LogP) is 3.80. The van der Waals surface area contributed by atoms with E-state index >= 15 is 0 Å². The number of carbonyl (C=O) groups is 2. The summed E-state index contributed by atoms with van der Waals surface area (Å²) in [6.45, 7) is 2.97. The number of rotatable bonds is 10. The molecule has 1 aliphatic carbocycles. The second-order valence-corrected chi connectivity index (χ2v) is 9.58. The number of hydrogen-bond donors (Lipinski definition) is 3. The van der Waals surface area contributed by atoms with Gasteiger partial charge in [-0.1, -0.05) is 17.7 Å². The molecule has 0 bridgehead atoms. The normalized spacial score (nSPS) is 19.9. The lowest BCUT2D eigenvalue weighted by Gasteiger charge is -2.35. The van der Waals surface area contributed by atoms with E-state index in [2.05, 4.69) is 27.8 Å². The van der Waals surface area contributed by atoms with E-state index in [0.717, 1.165) is 56.6 Å². The molecule has 0 saturated heterocycles. The molecule has 9 heteroatoms. The molecule has 3 N–H and O–H groups in total. The van der Waals surface area contributed by atoms with Gasteiger partial charge in [0.15, 0.2) is 0 Å². The number of pyridine rings is 2. The maximum Gasteiger partial charge on any atom is 0.326 e. The van der Waals surface area contributed by atoms with E-state index in [0.29, 0.717) is 11.5 Å². The first-order chi connectivity index (χ1) is 16.4. The second kappa shape index (κ2) is 11.1. The number of aliphatic carboxylic acids is 1. The highest BCUT2D eigenvalue weighted by molar-refractivity contribution is 6.33. The van der Waals surface area contributed by atoms with Crippen LogP contribution in [-0.4, -0.2) is 52.2 Å². The minimum Gasteiger partial charge on any atom is -0.480 e. The van der Waals surface area contributed by atoms with Crippen molar-refractivity contribution in [2.24, 2.45) is 5.92 Å². The number of carboxylic acid groups (broad SMARTS) is 1. The van der Waals surface area contributed by atoms with Crippen molar-refractivity contribution in [3.63, 3.8) is 0 Å². The van der Waals surface area contributed by atoms with Crippen molar-refractivity contribution >= 4 is 29.3 Å². The number of nitrogens with one attached hydrogen (secondary N) is 2. The predicted molar refractivity (Wildman–Crippen MR) is 129 cm³/mol. The summed E-state index contributed by atoms with van der Waals surface area (Å²) >= 11 is 6.07. The Morgan fingerprint density at radius 1 is 1.32 bits per heavy atom. The van der Waals surface area contributed by atoms with Gasteiger partial charge < -0.3 is 20.5 Å². The van der Waals surface area contributed by atoms with Crippen molar-refractivity contribution in [3.05, 3.63) is 51.9 Å². The van der Waals surface area contributed by atoms with Crippen LogP contribution in [0.2, 0.25) is 5.02 Å². The fraction of sp³-hybridized carbons (Fsp3) is 0.520. The summed E-state index contributed by atoms with van der Waals surface area (Å²) in [6, 6.07) is 3.29. The van der Waals surface area contributed by atoms with Crippen LogP contribution in [0.1, 0.15) is 59.3 Å². The standard InChI is InChI=1S/C25H31ClN4O4/c1-15-13-27-14-20(26)22(15)24(31)30-21(25(32)33)8-10-34-19-11-16(12-19)4-6-18-7-5-17-3-2-9-28-23(17)29-18/h5,7,13-14,16,19,21H,2-4,6,8-12H2,1H3,(H,28,29)(H,30,31)(H,32,33). The molecule has 0 radical (unpaired) electrons. The monoisotopic (exact) mass is 486 g/mol. The molecule has 1 amide bonds. The fourth-order valence-electron chi connectivity index (χ4n) is 4.57. The minimum absolute atomic E-state index is 0.144. The SMILES string of the molecule is Cc1cncc(Cl)c1C(=O)NC(CCOC1CC(CCc2ccc3c(n2)NCCC3)C1)C(=O)O. The van der Waals surface area contributed by atoms with Crippen LogP contribution in [-0.2, 0) is 22.4 Å². The molecule has 2 aliphatic rings. The highest BCUT2D eigenvalue weighted by Crippen LogP contribution is 2.34. The zero-order chi connectivity index (χ0) is 24.1. The Kier molecular flexibility index (Phi) is 8.00. The molecule has 2 aromatic rings. The number of carboxylic acids is 1. The number of ether oxygens (including phenoxy) is 1. The molecule has 1 aliphatic heterocycles. The molecular formula is C25H31ClN4O4. The number of aryl methyl sites for hydroxylation is 3. The van der Waals surface area contributed by atoms with Crippen molar-refractivity contribution in [1.82, 2.24) is 15.3 Å². The number of amides is 1. The van der Waals surface area contributed by atoms with E-state index in [1.54, 1.807) is 6.92 Å². The number of anilines is 1. The Balaban J connectivity index is 1.17. The van der Waals surface area contributed by atoms with Gasteiger partial charge in [0.2, 0.25) is 0 Å². The summed E-state index contributed by atoms with van der Waals surface area (Å²) in [7, 11) is 0. The molecule has 1 unspecified atom stereocenters. The molecule has 8 nitrogen and oxygen atoms in total. The highest BCUT2D eigenvalue weighted by atomic mass is 35.5. The van der Waals surface area contributed by atoms with Crippen LogP contribution in [0.3, 0.4) is 0 Å². The zero-order valence-electron chi connectivity index (χ0n) is 19.3.